The monoisotopic (exact) mass is 303 g/mol. The zero-order valence-corrected chi connectivity index (χ0v) is 11.0. The fraction of sp³-hybridized carbons (Fsp3) is 0.100. The summed E-state index contributed by atoms with van der Waals surface area (Å²) in [7, 11) is -9.09. The van der Waals surface area contributed by atoms with E-state index in [1.807, 2.05) is 0 Å². The van der Waals surface area contributed by atoms with E-state index >= 15 is 0 Å². The van der Waals surface area contributed by atoms with Crippen LogP contribution in [-0.2, 0) is 26.7 Å². The van der Waals surface area contributed by atoms with Crippen LogP contribution in [0.3, 0.4) is 0 Å². The van der Waals surface area contributed by atoms with Crippen molar-refractivity contribution < 1.29 is 25.9 Å². The van der Waals surface area contributed by atoms with Crippen LogP contribution in [0.1, 0.15) is 11.1 Å². The smallest absolute Gasteiger partial charge is 0.298 e. The third kappa shape index (κ3) is 2.55. The number of allylic oxidation sites excluding steroid dienone is 1. The summed E-state index contributed by atoms with van der Waals surface area (Å²) in [4.78, 5) is -1.04. The maximum absolute atomic E-state index is 11.3. The van der Waals surface area contributed by atoms with E-state index in [1.165, 1.54) is 18.2 Å². The second kappa shape index (κ2) is 4.19. The summed E-state index contributed by atoms with van der Waals surface area (Å²) in [6.07, 6.45) is 0.793. The highest BCUT2D eigenvalue weighted by molar-refractivity contribution is 7.89. The van der Waals surface area contributed by atoms with Crippen LogP contribution in [0.15, 0.2) is 27.7 Å². The summed E-state index contributed by atoms with van der Waals surface area (Å²) in [5.74, 6) is 0. The lowest BCUT2D eigenvalue weighted by Gasteiger charge is -2.15. The largest absolute Gasteiger partial charge is 0.398 e. The Bertz CT molecular complexity index is 829. The molecule has 0 atom stereocenters. The van der Waals surface area contributed by atoms with Crippen molar-refractivity contribution in [3.8, 4) is 0 Å². The SMILES string of the molecule is Nc1ccc2c(c1S(=O)(=O)O)CC(S(=O)(=O)O)=C=C2. The van der Waals surface area contributed by atoms with Crippen LogP contribution >= 0.6 is 0 Å². The van der Waals surface area contributed by atoms with E-state index in [4.69, 9.17) is 14.8 Å². The molecule has 4 N–H and O–H groups in total. The van der Waals surface area contributed by atoms with E-state index in [0.29, 0.717) is 5.56 Å². The van der Waals surface area contributed by atoms with Gasteiger partial charge in [-0.05, 0) is 23.3 Å². The molecule has 0 spiro atoms. The lowest BCUT2D eigenvalue weighted by Crippen LogP contribution is -2.13. The predicted octanol–water partition coefficient (Wildman–Crippen LogP) is 0.455. The van der Waals surface area contributed by atoms with Crippen LogP contribution in [0.4, 0.5) is 5.69 Å². The maximum Gasteiger partial charge on any atom is 0.298 e. The highest BCUT2D eigenvalue weighted by Gasteiger charge is 2.26. The van der Waals surface area contributed by atoms with Crippen LogP contribution in [0, 0.1) is 0 Å². The molecule has 0 bridgehead atoms. The zero-order chi connectivity index (χ0) is 14.4. The van der Waals surface area contributed by atoms with Gasteiger partial charge >= 0.3 is 0 Å². The Hall–Kier alpha value is -1.64. The number of fused-ring (bicyclic) bond motifs is 1. The van der Waals surface area contributed by atoms with Crippen LogP contribution in [-0.4, -0.2) is 25.9 Å². The van der Waals surface area contributed by atoms with E-state index in [2.05, 4.69) is 5.73 Å². The summed E-state index contributed by atoms with van der Waals surface area (Å²) in [6, 6.07) is 2.74. The van der Waals surface area contributed by atoms with Gasteiger partial charge < -0.3 is 5.73 Å². The molecule has 1 aromatic rings. The Morgan fingerprint density at radius 3 is 2.26 bits per heavy atom. The number of rotatable bonds is 2. The molecule has 1 aliphatic rings. The minimum absolute atomic E-state index is 0.00822. The molecule has 1 aromatic carbocycles. The quantitative estimate of drug-likeness (QED) is 0.410. The molecule has 1 aliphatic carbocycles. The first-order valence-electron chi connectivity index (χ1n) is 4.92. The van der Waals surface area contributed by atoms with Gasteiger partial charge in [0.1, 0.15) is 9.80 Å². The van der Waals surface area contributed by atoms with Crippen molar-refractivity contribution in [3.63, 3.8) is 0 Å². The summed E-state index contributed by atoms with van der Waals surface area (Å²) in [5, 5.41) is 0. The Kier molecular flexibility index (Phi) is 3.04. The molecule has 0 saturated carbocycles. The highest BCUT2D eigenvalue weighted by atomic mass is 32.2. The Morgan fingerprint density at radius 1 is 1.11 bits per heavy atom. The zero-order valence-electron chi connectivity index (χ0n) is 9.36. The summed E-state index contributed by atoms with van der Waals surface area (Å²) in [5.41, 5.74) is 8.00. The van der Waals surface area contributed by atoms with Gasteiger partial charge in [0.15, 0.2) is 0 Å². The first kappa shape index (κ1) is 13.8. The lowest BCUT2D eigenvalue weighted by molar-refractivity contribution is 0.480. The lowest BCUT2D eigenvalue weighted by atomic mass is 10.00. The number of nitrogen functional groups attached to an aromatic ring is 1. The first-order valence-corrected chi connectivity index (χ1v) is 7.80. The summed E-state index contributed by atoms with van der Waals surface area (Å²) < 4.78 is 62.8. The second-order valence-corrected chi connectivity index (χ2v) is 6.69. The topological polar surface area (TPSA) is 135 Å². The molecule has 0 fully saturated rings. The van der Waals surface area contributed by atoms with E-state index in [-0.39, 0.29) is 11.3 Å². The van der Waals surface area contributed by atoms with Crippen LogP contribution in [0.5, 0.6) is 0 Å². The fourth-order valence-corrected chi connectivity index (χ4v) is 3.22. The number of nitrogens with two attached hydrogens (primary N) is 1. The molecule has 0 unspecified atom stereocenters. The third-order valence-electron chi connectivity index (χ3n) is 2.62. The molecule has 0 saturated heterocycles. The molecule has 19 heavy (non-hydrogen) atoms. The van der Waals surface area contributed by atoms with Gasteiger partial charge in [-0.1, -0.05) is 6.07 Å². The van der Waals surface area contributed by atoms with E-state index in [1.54, 1.807) is 0 Å². The molecule has 0 heterocycles. The molecule has 0 aromatic heterocycles. The Morgan fingerprint density at radius 2 is 1.74 bits per heavy atom. The van der Waals surface area contributed by atoms with Gasteiger partial charge in [0, 0.05) is 6.42 Å². The number of anilines is 1. The first-order chi connectivity index (χ1) is 8.60. The second-order valence-electron chi connectivity index (χ2n) is 3.89. The van der Waals surface area contributed by atoms with E-state index in [9.17, 15) is 16.8 Å². The summed E-state index contributed by atoms with van der Waals surface area (Å²) in [6.45, 7) is 0. The van der Waals surface area contributed by atoms with Gasteiger partial charge in [-0.2, -0.15) is 16.8 Å². The molecular weight excluding hydrogens is 294 g/mol. The standard InChI is InChI=1S/C10H9NO6S2/c11-9-4-2-6-1-3-7(18(12,13)14)5-8(6)10(9)19(15,16)17/h1-2,4H,5,11H2,(H,12,13,14)(H,15,16,17). The van der Waals surface area contributed by atoms with Crippen molar-refractivity contribution in [2.24, 2.45) is 0 Å². The fourth-order valence-electron chi connectivity index (χ4n) is 1.82. The molecule has 9 heteroatoms. The van der Waals surface area contributed by atoms with Crippen LogP contribution in [0.2, 0.25) is 0 Å². The molecule has 102 valence electrons. The van der Waals surface area contributed by atoms with Gasteiger partial charge in [0.05, 0.1) is 5.69 Å². The van der Waals surface area contributed by atoms with Crippen molar-refractivity contribution in [1.82, 2.24) is 0 Å². The van der Waals surface area contributed by atoms with Gasteiger partial charge in [0.25, 0.3) is 20.2 Å². The minimum atomic E-state index is -4.61. The van der Waals surface area contributed by atoms with Crippen molar-refractivity contribution >= 4 is 32.0 Å². The molecule has 2 rings (SSSR count). The maximum atomic E-state index is 11.3. The number of benzene rings is 1. The normalized spacial score (nSPS) is 14.9. The van der Waals surface area contributed by atoms with Crippen LogP contribution < -0.4 is 5.73 Å². The predicted molar refractivity (Wildman–Crippen MR) is 67.4 cm³/mol. The minimum Gasteiger partial charge on any atom is -0.398 e. The summed E-state index contributed by atoms with van der Waals surface area (Å²) >= 11 is 0. The van der Waals surface area contributed by atoms with Crippen molar-refractivity contribution in [2.75, 3.05) is 5.73 Å². The molecule has 0 aliphatic heterocycles. The highest BCUT2D eigenvalue weighted by Crippen LogP contribution is 2.31. The number of hydrogen-bond acceptors (Lipinski definition) is 5. The molecule has 7 nitrogen and oxygen atoms in total. The van der Waals surface area contributed by atoms with Crippen molar-refractivity contribution in [3.05, 3.63) is 33.9 Å². The third-order valence-corrected chi connectivity index (χ3v) is 4.51. The molecular formula is C10H9NO6S2. The van der Waals surface area contributed by atoms with Gasteiger partial charge in [-0.3, -0.25) is 9.11 Å². The Balaban J connectivity index is 2.76. The average molecular weight is 303 g/mol. The molecule has 0 amide bonds. The van der Waals surface area contributed by atoms with E-state index < -0.39 is 36.5 Å². The Labute approximate surface area is 109 Å². The average Bonchev–Trinajstić information content (AvgIpc) is 2.24. The van der Waals surface area contributed by atoms with Crippen LogP contribution in [0.25, 0.3) is 6.08 Å². The van der Waals surface area contributed by atoms with Gasteiger partial charge in [-0.25, -0.2) is 0 Å². The van der Waals surface area contributed by atoms with Gasteiger partial charge in [0.2, 0.25) is 0 Å². The van der Waals surface area contributed by atoms with Crippen molar-refractivity contribution in [2.45, 2.75) is 11.3 Å². The number of hydrogen-bond donors (Lipinski definition) is 3. The van der Waals surface area contributed by atoms with E-state index in [0.717, 1.165) is 0 Å². The van der Waals surface area contributed by atoms with Crippen molar-refractivity contribution in [1.29, 1.82) is 0 Å². The molecule has 0 radical (unpaired) electrons. The van der Waals surface area contributed by atoms with Gasteiger partial charge in [-0.15, -0.1) is 5.73 Å².